The van der Waals surface area contributed by atoms with E-state index in [9.17, 15) is 10.1 Å². The Bertz CT molecular complexity index is 917. The molecular weight excluding hydrogens is 356 g/mol. The summed E-state index contributed by atoms with van der Waals surface area (Å²) < 4.78 is 1.67. The van der Waals surface area contributed by atoms with E-state index >= 15 is 0 Å². The van der Waals surface area contributed by atoms with Gasteiger partial charge in [-0.05, 0) is 53.3 Å². The van der Waals surface area contributed by atoms with Gasteiger partial charge in [-0.1, -0.05) is 30.3 Å². The molecule has 0 bridgehead atoms. The maximum absolute atomic E-state index is 10.8. The van der Waals surface area contributed by atoms with Crippen LogP contribution in [0.5, 0.6) is 0 Å². The van der Waals surface area contributed by atoms with Crippen molar-refractivity contribution >= 4 is 5.69 Å². The molecule has 28 heavy (non-hydrogen) atoms. The Balaban J connectivity index is 1.36. The van der Waals surface area contributed by atoms with Gasteiger partial charge in [0.15, 0.2) is 0 Å². The number of non-ortho nitro benzene ring substituents is 1. The fourth-order valence-electron chi connectivity index (χ4n) is 3.87. The van der Waals surface area contributed by atoms with Gasteiger partial charge in [-0.25, -0.2) is 0 Å². The fourth-order valence-corrected chi connectivity index (χ4v) is 3.87. The molecule has 144 valence electrons. The van der Waals surface area contributed by atoms with Crippen LogP contribution in [-0.4, -0.2) is 38.2 Å². The Morgan fingerprint density at radius 2 is 1.79 bits per heavy atom. The molecule has 0 atom stereocenters. The molecule has 1 aromatic heterocycles. The summed E-state index contributed by atoms with van der Waals surface area (Å²) in [6.07, 6.45) is 3.54. The zero-order valence-corrected chi connectivity index (χ0v) is 15.6. The number of nitrogens with zero attached hydrogens (tertiary/aromatic N) is 5. The fraction of sp³-hybridized carbons (Fsp3) is 0.350. The Morgan fingerprint density at radius 1 is 1.07 bits per heavy atom. The monoisotopic (exact) mass is 379 g/mol. The van der Waals surface area contributed by atoms with Crippen molar-refractivity contribution < 1.29 is 9.82 Å². The van der Waals surface area contributed by atoms with Crippen molar-refractivity contribution in [3.05, 3.63) is 76.1 Å². The lowest BCUT2D eigenvalue weighted by Crippen LogP contribution is -3.11. The number of hydrogen-bond acceptors (Lipinski definition) is 5. The molecule has 3 aromatic rings. The number of hydrogen-bond donors (Lipinski definition) is 1. The van der Waals surface area contributed by atoms with Crippen LogP contribution in [0.1, 0.15) is 24.2 Å². The lowest BCUT2D eigenvalue weighted by Gasteiger charge is -2.29. The van der Waals surface area contributed by atoms with E-state index in [2.05, 4.69) is 45.9 Å². The molecule has 1 aliphatic rings. The average Bonchev–Trinajstić information content (AvgIpc) is 3.18. The number of aromatic nitrogens is 4. The van der Waals surface area contributed by atoms with E-state index in [1.54, 1.807) is 16.8 Å². The number of nitrogens with one attached hydrogen (secondary N) is 1. The van der Waals surface area contributed by atoms with Crippen LogP contribution in [-0.2, 0) is 13.0 Å². The van der Waals surface area contributed by atoms with E-state index < -0.39 is 4.92 Å². The second kappa shape index (κ2) is 8.26. The molecule has 0 amide bonds. The first-order valence-corrected chi connectivity index (χ1v) is 9.58. The quantitative estimate of drug-likeness (QED) is 0.519. The number of benzene rings is 2. The average molecular weight is 379 g/mol. The predicted molar refractivity (Wildman–Crippen MR) is 103 cm³/mol. The molecule has 8 nitrogen and oxygen atoms in total. The molecule has 1 saturated heterocycles. The van der Waals surface area contributed by atoms with Gasteiger partial charge in [0, 0.05) is 12.1 Å². The zero-order chi connectivity index (χ0) is 19.3. The van der Waals surface area contributed by atoms with Crippen LogP contribution in [0.2, 0.25) is 0 Å². The van der Waals surface area contributed by atoms with Gasteiger partial charge in [0.05, 0.1) is 23.7 Å². The number of quaternary nitrogens is 1. The van der Waals surface area contributed by atoms with E-state index in [0.717, 1.165) is 43.5 Å². The lowest BCUT2D eigenvalue weighted by molar-refractivity contribution is -0.920. The number of likely N-dealkylation sites (tertiary alicyclic amines) is 1. The standard InChI is InChI=1S/C20H22N6O2/c27-26(28)19-8-6-18(7-9-19)25-20(21-22-23-25)15-24-12-10-17(11-13-24)14-16-4-2-1-3-5-16/h1-9,17H,10-15H2/p+1. The number of rotatable bonds is 6. The van der Waals surface area contributed by atoms with Gasteiger partial charge >= 0.3 is 0 Å². The molecule has 0 aliphatic carbocycles. The third-order valence-electron chi connectivity index (χ3n) is 5.43. The van der Waals surface area contributed by atoms with E-state index in [-0.39, 0.29) is 5.69 Å². The zero-order valence-electron chi connectivity index (χ0n) is 15.6. The first-order valence-electron chi connectivity index (χ1n) is 9.58. The van der Waals surface area contributed by atoms with E-state index in [1.165, 1.54) is 35.4 Å². The highest BCUT2D eigenvalue weighted by atomic mass is 16.6. The second-order valence-electron chi connectivity index (χ2n) is 7.34. The summed E-state index contributed by atoms with van der Waals surface area (Å²) in [6.45, 7) is 2.96. The molecule has 4 rings (SSSR count). The van der Waals surface area contributed by atoms with Gasteiger partial charge in [0.1, 0.15) is 6.54 Å². The normalized spacial score (nSPS) is 19.4. The Kier molecular flexibility index (Phi) is 5.38. The van der Waals surface area contributed by atoms with Crippen LogP contribution < -0.4 is 4.90 Å². The summed E-state index contributed by atoms with van der Waals surface area (Å²) in [5.74, 6) is 1.52. The summed E-state index contributed by atoms with van der Waals surface area (Å²) in [4.78, 5) is 11.9. The number of piperidine rings is 1. The highest BCUT2D eigenvalue weighted by Crippen LogP contribution is 2.17. The minimum atomic E-state index is -0.409. The number of tetrazole rings is 1. The Labute approximate surface area is 162 Å². The summed E-state index contributed by atoms with van der Waals surface area (Å²) in [5, 5.41) is 22.9. The second-order valence-corrected chi connectivity index (χ2v) is 7.34. The molecule has 2 aromatic carbocycles. The molecule has 1 aliphatic heterocycles. The largest absolute Gasteiger partial charge is 0.328 e. The number of nitro benzene ring substituents is 1. The van der Waals surface area contributed by atoms with Gasteiger partial charge in [-0.2, -0.15) is 4.68 Å². The summed E-state index contributed by atoms with van der Waals surface area (Å²) >= 11 is 0. The first-order chi connectivity index (χ1) is 13.7. The lowest BCUT2D eigenvalue weighted by atomic mass is 9.90. The van der Waals surface area contributed by atoms with E-state index in [1.807, 2.05) is 0 Å². The molecule has 0 unspecified atom stereocenters. The van der Waals surface area contributed by atoms with E-state index in [4.69, 9.17) is 0 Å². The van der Waals surface area contributed by atoms with Crippen molar-refractivity contribution in [1.82, 2.24) is 20.2 Å². The van der Waals surface area contributed by atoms with Gasteiger partial charge in [-0.3, -0.25) is 10.1 Å². The molecule has 8 heteroatoms. The predicted octanol–water partition coefficient (Wildman–Crippen LogP) is 1.61. The SMILES string of the molecule is O=[N+]([O-])c1ccc(-n2nnnc2C[NH+]2CCC(Cc3ccccc3)CC2)cc1. The molecule has 0 radical (unpaired) electrons. The van der Waals surface area contributed by atoms with Gasteiger partial charge in [0.25, 0.3) is 5.69 Å². The minimum Gasteiger partial charge on any atom is -0.328 e. The summed E-state index contributed by atoms with van der Waals surface area (Å²) in [6, 6.07) is 17.0. The maximum Gasteiger partial charge on any atom is 0.269 e. The third-order valence-corrected chi connectivity index (χ3v) is 5.43. The topological polar surface area (TPSA) is 91.2 Å². The smallest absolute Gasteiger partial charge is 0.269 e. The first kappa shape index (κ1) is 18.2. The molecule has 0 saturated carbocycles. The van der Waals surface area contributed by atoms with Crippen molar-refractivity contribution in [3.63, 3.8) is 0 Å². The van der Waals surface area contributed by atoms with Crippen LogP contribution in [0.25, 0.3) is 5.69 Å². The third kappa shape index (κ3) is 4.23. The number of nitro groups is 1. The van der Waals surface area contributed by atoms with Crippen molar-refractivity contribution in [1.29, 1.82) is 0 Å². The van der Waals surface area contributed by atoms with Crippen LogP contribution in [0.3, 0.4) is 0 Å². The Hall–Kier alpha value is -3.13. The maximum atomic E-state index is 10.8. The van der Waals surface area contributed by atoms with Gasteiger partial charge in [-0.15, -0.1) is 5.10 Å². The molecular formula is C20H23N6O2+. The van der Waals surface area contributed by atoms with E-state index in [0.29, 0.717) is 0 Å². The molecule has 2 heterocycles. The van der Waals surface area contributed by atoms with Crippen LogP contribution >= 0.6 is 0 Å². The van der Waals surface area contributed by atoms with Crippen LogP contribution in [0.15, 0.2) is 54.6 Å². The minimum absolute atomic E-state index is 0.0597. The summed E-state index contributed by atoms with van der Waals surface area (Å²) in [5.41, 5.74) is 2.21. The van der Waals surface area contributed by atoms with Crippen molar-refractivity contribution in [2.24, 2.45) is 5.92 Å². The van der Waals surface area contributed by atoms with Crippen LogP contribution in [0, 0.1) is 16.0 Å². The highest BCUT2D eigenvalue weighted by Gasteiger charge is 2.24. The Morgan fingerprint density at radius 3 is 2.46 bits per heavy atom. The van der Waals surface area contributed by atoms with Crippen molar-refractivity contribution in [2.75, 3.05) is 13.1 Å². The summed E-state index contributed by atoms with van der Waals surface area (Å²) in [7, 11) is 0. The van der Waals surface area contributed by atoms with Crippen LogP contribution in [0.4, 0.5) is 5.69 Å². The van der Waals surface area contributed by atoms with Gasteiger partial charge < -0.3 is 4.90 Å². The van der Waals surface area contributed by atoms with Crippen molar-refractivity contribution in [3.8, 4) is 5.69 Å². The van der Waals surface area contributed by atoms with Crippen molar-refractivity contribution in [2.45, 2.75) is 25.8 Å². The molecule has 0 spiro atoms. The highest BCUT2D eigenvalue weighted by molar-refractivity contribution is 5.40. The molecule has 1 fully saturated rings. The molecule has 1 N–H and O–H groups in total. The van der Waals surface area contributed by atoms with Gasteiger partial charge in [0.2, 0.25) is 5.82 Å².